The van der Waals surface area contributed by atoms with Crippen molar-refractivity contribution in [3.63, 3.8) is 0 Å². The van der Waals surface area contributed by atoms with Crippen molar-refractivity contribution < 1.29 is 0 Å². The van der Waals surface area contributed by atoms with E-state index in [9.17, 15) is 0 Å². The van der Waals surface area contributed by atoms with Gasteiger partial charge < -0.3 is 0 Å². The van der Waals surface area contributed by atoms with Crippen LogP contribution in [0.15, 0.2) is 16.6 Å². The second kappa shape index (κ2) is 3.60. The van der Waals surface area contributed by atoms with Crippen molar-refractivity contribution in [2.75, 3.05) is 0 Å². The first-order valence-electron chi connectivity index (χ1n) is 6.05. The van der Waals surface area contributed by atoms with Crippen molar-refractivity contribution in [3.8, 4) is 0 Å². The fraction of sp³-hybridized carbons (Fsp3) is 0.600. The summed E-state index contributed by atoms with van der Waals surface area (Å²) in [5.41, 5.74) is 5.04. The van der Waals surface area contributed by atoms with Crippen molar-refractivity contribution >= 4 is 15.9 Å². The molecule has 1 aliphatic carbocycles. The predicted octanol–water partition coefficient (Wildman–Crippen LogP) is 5.11. The topological polar surface area (TPSA) is 0 Å². The zero-order chi connectivity index (χ0) is 12.1. The third kappa shape index (κ3) is 1.84. The fourth-order valence-corrected chi connectivity index (χ4v) is 3.96. The Labute approximate surface area is 108 Å². The standard InChI is InChI=1S/C15H21Br/c1-10-8-11-13(12(16)9-10)15(4,5)7-6-14(11,2)3/h8-9H,6-7H2,1-5H3. The van der Waals surface area contributed by atoms with Crippen LogP contribution in [0.2, 0.25) is 0 Å². The molecule has 1 aliphatic rings. The van der Waals surface area contributed by atoms with Crippen molar-refractivity contribution in [1.82, 2.24) is 0 Å². The molecule has 2 rings (SSSR count). The number of halogens is 1. The molecule has 1 aromatic carbocycles. The van der Waals surface area contributed by atoms with E-state index in [1.54, 1.807) is 0 Å². The normalized spacial score (nSPS) is 21.6. The van der Waals surface area contributed by atoms with Crippen LogP contribution < -0.4 is 0 Å². The molecule has 0 bridgehead atoms. The second-order valence-electron chi connectivity index (χ2n) is 6.44. The summed E-state index contributed by atoms with van der Waals surface area (Å²) in [6.45, 7) is 11.6. The molecule has 1 heteroatoms. The van der Waals surface area contributed by atoms with E-state index in [0.717, 1.165) is 0 Å². The van der Waals surface area contributed by atoms with E-state index in [-0.39, 0.29) is 0 Å². The van der Waals surface area contributed by atoms with E-state index in [1.807, 2.05) is 0 Å². The van der Waals surface area contributed by atoms with Crippen LogP contribution in [0, 0.1) is 6.92 Å². The van der Waals surface area contributed by atoms with Gasteiger partial charge in [0.2, 0.25) is 0 Å². The summed E-state index contributed by atoms with van der Waals surface area (Å²) < 4.78 is 1.29. The van der Waals surface area contributed by atoms with Crippen LogP contribution in [-0.4, -0.2) is 0 Å². The third-order valence-corrected chi connectivity index (χ3v) is 4.64. The van der Waals surface area contributed by atoms with Gasteiger partial charge >= 0.3 is 0 Å². The molecule has 1 aromatic rings. The largest absolute Gasteiger partial charge is 0.0558 e. The Morgan fingerprint density at radius 2 is 1.56 bits per heavy atom. The lowest BCUT2D eigenvalue weighted by atomic mass is 9.63. The highest BCUT2D eigenvalue weighted by molar-refractivity contribution is 9.10. The Balaban J connectivity index is 2.74. The van der Waals surface area contributed by atoms with E-state index in [2.05, 4.69) is 62.7 Å². The molecule has 0 saturated carbocycles. The van der Waals surface area contributed by atoms with Crippen LogP contribution in [0.25, 0.3) is 0 Å². The molecule has 0 heterocycles. The molecule has 16 heavy (non-hydrogen) atoms. The Morgan fingerprint density at radius 1 is 1.00 bits per heavy atom. The van der Waals surface area contributed by atoms with E-state index >= 15 is 0 Å². The van der Waals surface area contributed by atoms with E-state index in [1.165, 1.54) is 34.0 Å². The summed E-state index contributed by atoms with van der Waals surface area (Å²) in [5.74, 6) is 0. The van der Waals surface area contributed by atoms with E-state index in [0.29, 0.717) is 10.8 Å². The maximum absolute atomic E-state index is 3.76. The summed E-state index contributed by atoms with van der Waals surface area (Å²) in [5, 5.41) is 0. The SMILES string of the molecule is Cc1cc(Br)c2c(c1)C(C)(C)CCC2(C)C. The van der Waals surface area contributed by atoms with E-state index in [4.69, 9.17) is 0 Å². The molecule has 0 amide bonds. The minimum Gasteiger partial charge on any atom is -0.0558 e. The lowest BCUT2D eigenvalue weighted by Crippen LogP contribution is -2.34. The molecule has 0 aromatic heterocycles. The van der Waals surface area contributed by atoms with Crippen LogP contribution in [0.5, 0.6) is 0 Å². The lowest BCUT2D eigenvalue weighted by molar-refractivity contribution is 0.330. The molecule has 0 atom stereocenters. The van der Waals surface area contributed by atoms with Crippen molar-refractivity contribution in [2.45, 2.75) is 58.3 Å². The van der Waals surface area contributed by atoms with Gasteiger partial charge in [0, 0.05) is 4.47 Å². The van der Waals surface area contributed by atoms with Gasteiger partial charge in [-0.25, -0.2) is 0 Å². The van der Waals surface area contributed by atoms with E-state index < -0.39 is 0 Å². The zero-order valence-electron chi connectivity index (χ0n) is 10.9. The Morgan fingerprint density at radius 3 is 2.19 bits per heavy atom. The summed E-state index contributed by atoms with van der Waals surface area (Å²) in [4.78, 5) is 0. The minimum absolute atomic E-state index is 0.303. The van der Waals surface area contributed by atoms with Gasteiger partial charge in [-0.15, -0.1) is 0 Å². The van der Waals surface area contributed by atoms with Crippen LogP contribution in [0.3, 0.4) is 0 Å². The average Bonchev–Trinajstić information content (AvgIpc) is 2.11. The first kappa shape index (κ1) is 12.2. The molecule has 0 nitrogen and oxygen atoms in total. The number of fused-ring (bicyclic) bond motifs is 1. The van der Waals surface area contributed by atoms with Crippen molar-refractivity contribution in [1.29, 1.82) is 0 Å². The smallest absolute Gasteiger partial charge is 0.0218 e. The Bertz CT molecular complexity index is 427. The van der Waals surface area contributed by atoms with Gasteiger partial charge in [-0.05, 0) is 53.4 Å². The maximum Gasteiger partial charge on any atom is 0.0218 e. The molecule has 0 N–H and O–H groups in total. The fourth-order valence-electron chi connectivity index (χ4n) is 2.85. The van der Waals surface area contributed by atoms with Gasteiger partial charge in [-0.3, -0.25) is 0 Å². The number of hydrogen-bond acceptors (Lipinski definition) is 0. The van der Waals surface area contributed by atoms with Gasteiger partial charge in [-0.2, -0.15) is 0 Å². The highest BCUT2D eigenvalue weighted by Crippen LogP contribution is 2.48. The van der Waals surface area contributed by atoms with Crippen LogP contribution in [0.4, 0.5) is 0 Å². The highest BCUT2D eigenvalue weighted by Gasteiger charge is 2.38. The first-order chi connectivity index (χ1) is 7.24. The van der Waals surface area contributed by atoms with Gasteiger partial charge in [0.1, 0.15) is 0 Å². The monoisotopic (exact) mass is 280 g/mol. The summed E-state index contributed by atoms with van der Waals surface area (Å²) >= 11 is 3.76. The third-order valence-electron chi connectivity index (χ3n) is 4.02. The van der Waals surface area contributed by atoms with Gasteiger partial charge in [0.15, 0.2) is 0 Å². The average molecular weight is 281 g/mol. The van der Waals surface area contributed by atoms with Crippen LogP contribution in [0.1, 0.15) is 57.2 Å². The van der Waals surface area contributed by atoms with Crippen molar-refractivity contribution in [2.24, 2.45) is 0 Å². The second-order valence-corrected chi connectivity index (χ2v) is 7.29. The predicted molar refractivity (Wildman–Crippen MR) is 74.2 cm³/mol. The Hall–Kier alpha value is -0.300. The van der Waals surface area contributed by atoms with Crippen LogP contribution >= 0.6 is 15.9 Å². The summed E-state index contributed by atoms with van der Waals surface area (Å²) in [6.07, 6.45) is 2.55. The number of hydrogen-bond donors (Lipinski definition) is 0. The number of aryl methyl sites for hydroxylation is 1. The van der Waals surface area contributed by atoms with Crippen molar-refractivity contribution in [3.05, 3.63) is 33.3 Å². The molecule has 0 unspecified atom stereocenters. The quantitative estimate of drug-likeness (QED) is 0.620. The summed E-state index contributed by atoms with van der Waals surface area (Å²) in [7, 11) is 0. The molecular weight excluding hydrogens is 260 g/mol. The molecule has 0 aliphatic heterocycles. The zero-order valence-corrected chi connectivity index (χ0v) is 12.5. The molecule has 0 radical (unpaired) electrons. The Kier molecular flexibility index (Phi) is 2.73. The minimum atomic E-state index is 0.303. The molecule has 0 fully saturated rings. The number of rotatable bonds is 0. The van der Waals surface area contributed by atoms with Gasteiger partial charge in [0.25, 0.3) is 0 Å². The highest BCUT2D eigenvalue weighted by atomic mass is 79.9. The van der Waals surface area contributed by atoms with Gasteiger partial charge in [-0.1, -0.05) is 49.7 Å². The first-order valence-corrected chi connectivity index (χ1v) is 6.84. The summed E-state index contributed by atoms with van der Waals surface area (Å²) in [6, 6.07) is 4.63. The molecule has 88 valence electrons. The van der Waals surface area contributed by atoms with Gasteiger partial charge in [0.05, 0.1) is 0 Å². The molecule has 0 saturated heterocycles. The maximum atomic E-state index is 3.76. The number of benzene rings is 1. The molecule has 0 spiro atoms. The molecular formula is C15H21Br. The van der Waals surface area contributed by atoms with Crippen LogP contribution in [-0.2, 0) is 10.8 Å². The lowest BCUT2D eigenvalue weighted by Gasteiger charge is -2.42.